The van der Waals surface area contributed by atoms with E-state index in [4.69, 9.17) is 0 Å². The molecule has 0 spiro atoms. The maximum Gasteiger partial charge on any atom is 0.247 e. The van der Waals surface area contributed by atoms with Crippen LogP contribution in [0.3, 0.4) is 0 Å². The Bertz CT molecular complexity index is 482. The summed E-state index contributed by atoms with van der Waals surface area (Å²) in [7, 11) is 0. The quantitative estimate of drug-likeness (QED) is 0.766. The van der Waals surface area contributed by atoms with Crippen LogP contribution in [0.1, 0.15) is 40.0 Å². The Morgan fingerprint density at radius 1 is 1.38 bits per heavy atom. The summed E-state index contributed by atoms with van der Waals surface area (Å²) >= 11 is 0. The van der Waals surface area contributed by atoms with Crippen LogP contribution >= 0.6 is 0 Å². The van der Waals surface area contributed by atoms with Gasteiger partial charge in [0, 0.05) is 31.0 Å². The number of rotatable bonds is 7. The van der Waals surface area contributed by atoms with Gasteiger partial charge in [-0.05, 0) is 19.8 Å². The molecule has 116 valence electrons. The van der Waals surface area contributed by atoms with Gasteiger partial charge in [0.25, 0.3) is 0 Å². The van der Waals surface area contributed by atoms with Crippen molar-refractivity contribution in [3.63, 3.8) is 0 Å². The van der Waals surface area contributed by atoms with E-state index in [1.54, 1.807) is 12.5 Å². The Morgan fingerprint density at radius 2 is 2.10 bits per heavy atom. The Hall–Kier alpha value is -1.69. The first kappa shape index (κ1) is 15.7. The van der Waals surface area contributed by atoms with Crippen molar-refractivity contribution >= 4 is 11.8 Å². The van der Waals surface area contributed by atoms with Crippen LogP contribution in [-0.2, 0) is 16.1 Å². The highest BCUT2D eigenvalue weighted by Crippen LogP contribution is 2.20. The molecular weight excluding hydrogens is 268 g/mol. The van der Waals surface area contributed by atoms with Crippen molar-refractivity contribution in [1.82, 2.24) is 19.8 Å². The summed E-state index contributed by atoms with van der Waals surface area (Å²) in [5.41, 5.74) is 0. The highest BCUT2D eigenvalue weighted by atomic mass is 16.2. The summed E-state index contributed by atoms with van der Waals surface area (Å²) in [6.45, 7) is 6.76. The normalized spacial score (nSPS) is 20.6. The van der Waals surface area contributed by atoms with Crippen molar-refractivity contribution in [3.05, 3.63) is 18.7 Å². The Labute approximate surface area is 125 Å². The molecule has 2 unspecified atom stereocenters. The van der Waals surface area contributed by atoms with Crippen molar-refractivity contribution in [2.24, 2.45) is 0 Å². The van der Waals surface area contributed by atoms with Crippen molar-refractivity contribution in [2.45, 2.75) is 64.7 Å². The van der Waals surface area contributed by atoms with E-state index in [0.717, 1.165) is 19.4 Å². The molecule has 1 aromatic rings. The average molecular weight is 292 g/mol. The molecule has 1 aromatic heterocycles. The Kier molecular flexibility index (Phi) is 5.12. The second kappa shape index (κ2) is 6.85. The monoisotopic (exact) mass is 292 g/mol. The zero-order valence-electron chi connectivity index (χ0n) is 13.0. The molecule has 2 atom stereocenters. The van der Waals surface area contributed by atoms with Crippen molar-refractivity contribution in [1.29, 1.82) is 0 Å². The van der Waals surface area contributed by atoms with Gasteiger partial charge >= 0.3 is 0 Å². The first-order chi connectivity index (χ1) is 10.1. The number of imidazole rings is 1. The lowest BCUT2D eigenvalue weighted by Crippen LogP contribution is -2.46. The van der Waals surface area contributed by atoms with Gasteiger partial charge < -0.3 is 9.88 Å². The van der Waals surface area contributed by atoms with Crippen LogP contribution in [-0.4, -0.2) is 44.4 Å². The molecule has 2 amide bonds. The van der Waals surface area contributed by atoms with Crippen LogP contribution in [0, 0.1) is 0 Å². The molecule has 1 aliphatic heterocycles. The van der Waals surface area contributed by atoms with Crippen LogP contribution in [0.4, 0.5) is 0 Å². The molecule has 1 fully saturated rings. The standard InChI is InChI=1S/C15H24N4O2/c1-4-12(5-2)19-14(20)8-13(15(19)21)17-11(3)9-18-7-6-16-10-18/h6-7,10-13,17H,4-5,8-9H2,1-3H3. The number of imide groups is 1. The van der Waals surface area contributed by atoms with Crippen molar-refractivity contribution < 1.29 is 9.59 Å². The molecule has 0 aliphatic carbocycles. The minimum absolute atomic E-state index is 0.0285. The second-order valence-corrected chi connectivity index (χ2v) is 5.66. The molecule has 21 heavy (non-hydrogen) atoms. The van der Waals surface area contributed by atoms with Crippen molar-refractivity contribution in [2.75, 3.05) is 0 Å². The number of hydrogen-bond donors (Lipinski definition) is 1. The van der Waals surface area contributed by atoms with E-state index >= 15 is 0 Å². The molecule has 6 nitrogen and oxygen atoms in total. The SMILES string of the molecule is CCC(CC)N1C(=O)CC(NC(C)Cn2ccnc2)C1=O. The van der Waals surface area contributed by atoms with Crippen LogP contribution in [0.15, 0.2) is 18.7 Å². The molecule has 6 heteroatoms. The highest BCUT2D eigenvalue weighted by Gasteiger charge is 2.41. The molecule has 0 saturated carbocycles. The van der Waals surface area contributed by atoms with Gasteiger partial charge in [0.15, 0.2) is 0 Å². The molecule has 2 rings (SSSR count). The third-order valence-electron chi connectivity index (χ3n) is 4.02. The zero-order valence-corrected chi connectivity index (χ0v) is 13.0. The zero-order chi connectivity index (χ0) is 15.4. The lowest BCUT2D eigenvalue weighted by Gasteiger charge is -2.25. The van der Waals surface area contributed by atoms with Gasteiger partial charge in [-0.3, -0.25) is 14.5 Å². The van der Waals surface area contributed by atoms with E-state index in [2.05, 4.69) is 10.3 Å². The third kappa shape index (κ3) is 3.50. The number of nitrogens with zero attached hydrogens (tertiary/aromatic N) is 3. The van der Waals surface area contributed by atoms with E-state index in [9.17, 15) is 9.59 Å². The molecule has 2 heterocycles. The van der Waals surface area contributed by atoms with Gasteiger partial charge in [-0.15, -0.1) is 0 Å². The summed E-state index contributed by atoms with van der Waals surface area (Å²) in [6.07, 6.45) is 7.25. The number of nitrogens with one attached hydrogen (secondary N) is 1. The van der Waals surface area contributed by atoms with Gasteiger partial charge in [0.2, 0.25) is 11.8 Å². The number of carbonyl (C=O) groups is 2. The maximum atomic E-state index is 12.4. The van der Waals surface area contributed by atoms with Gasteiger partial charge in [-0.1, -0.05) is 13.8 Å². The summed E-state index contributed by atoms with van der Waals surface area (Å²) in [5.74, 6) is -0.132. The number of hydrogen-bond acceptors (Lipinski definition) is 4. The predicted octanol–water partition coefficient (Wildman–Crippen LogP) is 1.18. The van der Waals surface area contributed by atoms with Crippen molar-refractivity contribution in [3.8, 4) is 0 Å². The van der Waals surface area contributed by atoms with Crippen LogP contribution in [0.5, 0.6) is 0 Å². The minimum atomic E-state index is -0.392. The van der Waals surface area contributed by atoms with E-state index < -0.39 is 6.04 Å². The number of aromatic nitrogens is 2. The lowest BCUT2D eigenvalue weighted by molar-refractivity contribution is -0.141. The van der Waals surface area contributed by atoms with E-state index in [1.165, 1.54) is 4.90 Å². The van der Waals surface area contributed by atoms with Crippen LogP contribution in [0.2, 0.25) is 0 Å². The van der Waals surface area contributed by atoms with E-state index in [-0.39, 0.29) is 30.3 Å². The molecule has 0 radical (unpaired) electrons. The third-order valence-corrected chi connectivity index (χ3v) is 4.02. The molecule has 0 bridgehead atoms. The number of amides is 2. The Morgan fingerprint density at radius 3 is 2.67 bits per heavy atom. The van der Waals surface area contributed by atoms with Gasteiger partial charge in [-0.2, -0.15) is 0 Å². The lowest BCUT2D eigenvalue weighted by atomic mass is 10.1. The number of likely N-dealkylation sites (tertiary alicyclic amines) is 1. The fourth-order valence-electron chi connectivity index (χ4n) is 2.93. The smallest absolute Gasteiger partial charge is 0.247 e. The molecule has 1 N–H and O–H groups in total. The molecule has 1 saturated heterocycles. The second-order valence-electron chi connectivity index (χ2n) is 5.66. The maximum absolute atomic E-state index is 12.4. The first-order valence-corrected chi connectivity index (χ1v) is 7.64. The molecular formula is C15H24N4O2. The van der Waals surface area contributed by atoms with Gasteiger partial charge in [0.05, 0.1) is 18.8 Å². The van der Waals surface area contributed by atoms with Crippen LogP contribution in [0.25, 0.3) is 0 Å². The summed E-state index contributed by atoms with van der Waals surface area (Å²) in [4.78, 5) is 30.0. The fraction of sp³-hybridized carbons (Fsp3) is 0.667. The summed E-state index contributed by atoms with van der Waals surface area (Å²) in [5, 5.41) is 3.27. The van der Waals surface area contributed by atoms with E-state index in [1.807, 2.05) is 31.5 Å². The van der Waals surface area contributed by atoms with Gasteiger partial charge in [-0.25, -0.2) is 4.98 Å². The minimum Gasteiger partial charge on any atom is -0.336 e. The largest absolute Gasteiger partial charge is 0.336 e. The molecule has 1 aliphatic rings. The van der Waals surface area contributed by atoms with Gasteiger partial charge in [0.1, 0.15) is 0 Å². The average Bonchev–Trinajstić information content (AvgIpc) is 3.03. The fourth-order valence-corrected chi connectivity index (χ4v) is 2.93. The highest BCUT2D eigenvalue weighted by molar-refractivity contribution is 6.05. The predicted molar refractivity (Wildman–Crippen MR) is 79.5 cm³/mol. The summed E-state index contributed by atoms with van der Waals surface area (Å²) in [6, 6.07) is -0.264. The molecule has 0 aromatic carbocycles. The van der Waals surface area contributed by atoms with E-state index in [0.29, 0.717) is 0 Å². The van der Waals surface area contributed by atoms with Crippen LogP contribution < -0.4 is 5.32 Å². The Balaban J connectivity index is 1.95. The summed E-state index contributed by atoms with van der Waals surface area (Å²) < 4.78 is 1.96. The first-order valence-electron chi connectivity index (χ1n) is 7.64. The topological polar surface area (TPSA) is 67.2 Å². The number of carbonyl (C=O) groups excluding carboxylic acids is 2.